The number of esters is 1. The summed E-state index contributed by atoms with van der Waals surface area (Å²) in [5.41, 5.74) is 2.14. The van der Waals surface area contributed by atoms with E-state index in [1.165, 1.54) is 16.0 Å². The third kappa shape index (κ3) is 4.22. The lowest BCUT2D eigenvalue weighted by atomic mass is 10.2. The van der Waals surface area contributed by atoms with E-state index in [0.717, 1.165) is 21.1 Å². The summed E-state index contributed by atoms with van der Waals surface area (Å²) in [6, 6.07) is 16.9. The molecule has 0 aliphatic rings. The fourth-order valence-electron chi connectivity index (χ4n) is 2.85. The van der Waals surface area contributed by atoms with Gasteiger partial charge >= 0.3 is 5.97 Å². The molecule has 2 aromatic carbocycles. The molecule has 2 heterocycles. The first-order valence-corrected chi connectivity index (χ1v) is 9.93. The van der Waals surface area contributed by atoms with Crippen molar-refractivity contribution in [3.8, 4) is 10.6 Å². The number of aryl methyl sites for hydroxylation is 2. The molecule has 0 unspecified atom stereocenters. The molecule has 0 saturated heterocycles. The number of thiazole rings is 1. The maximum atomic E-state index is 12.4. The zero-order valence-electron chi connectivity index (χ0n) is 15.7. The van der Waals surface area contributed by atoms with Gasteiger partial charge in [-0.2, -0.15) is 0 Å². The third-order valence-electron chi connectivity index (χ3n) is 4.43. The molecule has 0 amide bonds. The summed E-state index contributed by atoms with van der Waals surface area (Å²) in [6.45, 7) is 2.18. The van der Waals surface area contributed by atoms with Crippen molar-refractivity contribution in [2.45, 2.75) is 26.5 Å². The van der Waals surface area contributed by atoms with Crippen molar-refractivity contribution in [2.24, 2.45) is 0 Å². The Hall–Kier alpha value is -3.39. The molecule has 0 aliphatic carbocycles. The predicted molar refractivity (Wildman–Crippen MR) is 110 cm³/mol. The molecule has 0 bridgehead atoms. The van der Waals surface area contributed by atoms with Crippen molar-refractivity contribution in [3.63, 3.8) is 0 Å². The Bertz CT molecular complexity index is 1220. The number of hydrogen-bond donors (Lipinski definition) is 0. The summed E-state index contributed by atoms with van der Waals surface area (Å²) in [5, 5.41) is 9.27. The minimum atomic E-state index is -0.402. The summed E-state index contributed by atoms with van der Waals surface area (Å²) in [6.07, 6.45) is 0.0380. The number of benzene rings is 2. The quantitative estimate of drug-likeness (QED) is 0.456. The van der Waals surface area contributed by atoms with Crippen LogP contribution in [0, 0.1) is 6.92 Å². The zero-order valence-corrected chi connectivity index (χ0v) is 16.6. The number of nitrogens with zero attached hydrogens (tertiary/aromatic N) is 4. The van der Waals surface area contributed by atoms with Gasteiger partial charge in [-0.05, 0) is 19.1 Å². The smallest absolute Gasteiger partial charge is 0.308 e. The predicted octanol–water partition coefficient (Wildman–Crippen LogP) is 3.36. The highest BCUT2D eigenvalue weighted by molar-refractivity contribution is 7.15. The molecule has 7 nitrogen and oxygen atoms in total. The van der Waals surface area contributed by atoms with Gasteiger partial charge in [0.25, 0.3) is 5.56 Å². The number of aromatic nitrogens is 4. The zero-order chi connectivity index (χ0) is 20.2. The Morgan fingerprint density at radius 2 is 1.86 bits per heavy atom. The first kappa shape index (κ1) is 18.9. The lowest BCUT2D eigenvalue weighted by Gasteiger charge is -2.05. The lowest BCUT2D eigenvalue weighted by Crippen LogP contribution is -2.25. The third-order valence-corrected chi connectivity index (χ3v) is 5.61. The van der Waals surface area contributed by atoms with Crippen LogP contribution in [-0.4, -0.2) is 25.9 Å². The van der Waals surface area contributed by atoms with Crippen LogP contribution in [0.2, 0.25) is 0 Å². The van der Waals surface area contributed by atoms with Crippen molar-refractivity contribution < 1.29 is 9.53 Å². The van der Waals surface area contributed by atoms with E-state index in [4.69, 9.17) is 4.74 Å². The molecule has 8 heteroatoms. The van der Waals surface area contributed by atoms with Crippen LogP contribution in [0.1, 0.15) is 17.0 Å². The Labute approximate surface area is 170 Å². The molecule has 4 aromatic rings. The number of carbonyl (C=O) groups is 1. The van der Waals surface area contributed by atoms with E-state index in [-0.39, 0.29) is 25.1 Å². The molecule has 0 spiro atoms. The second-order valence-electron chi connectivity index (χ2n) is 6.44. The van der Waals surface area contributed by atoms with Crippen LogP contribution in [-0.2, 0) is 22.7 Å². The second kappa shape index (κ2) is 8.32. The van der Waals surface area contributed by atoms with Crippen molar-refractivity contribution in [1.82, 2.24) is 20.0 Å². The van der Waals surface area contributed by atoms with Crippen LogP contribution < -0.4 is 5.56 Å². The van der Waals surface area contributed by atoms with Crippen molar-refractivity contribution >= 4 is 28.2 Å². The molecule has 0 atom stereocenters. The summed E-state index contributed by atoms with van der Waals surface area (Å²) >= 11 is 1.51. The molecule has 0 fully saturated rings. The van der Waals surface area contributed by atoms with E-state index in [9.17, 15) is 9.59 Å². The summed E-state index contributed by atoms with van der Waals surface area (Å²) < 4.78 is 6.56. The van der Waals surface area contributed by atoms with E-state index in [0.29, 0.717) is 10.9 Å². The molecule has 146 valence electrons. The van der Waals surface area contributed by atoms with Crippen molar-refractivity contribution in [1.29, 1.82) is 0 Å². The number of fused-ring (bicyclic) bond motifs is 1. The van der Waals surface area contributed by atoms with Gasteiger partial charge in [0.05, 0.1) is 28.9 Å². The average Bonchev–Trinajstić information content (AvgIpc) is 3.13. The fourth-order valence-corrected chi connectivity index (χ4v) is 3.83. The maximum Gasteiger partial charge on any atom is 0.308 e. The van der Waals surface area contributed by atoms with Gasteiger partial charge in [-0.25, -0.2) is 9.67 Å². The van der Waals surface area contributed by atoms with Crippen LogP contribution in [0.3, 0.4) is 0 Å². The largest absolute Gasteiger partial charge is 0.460 e. The molecule has 0 radical (unpaired) electrons. The van der Waals surface area contributed by atoms with Gasteiger partial charge in [-0.1, -0.05) is 47.7 Å². The Morgan fingerprint density at radius 3 is 2.69 bits per heavy atom. The van der Waals surface area contributed by atoms with E-state index in [1.54, 1.807) is 24.3 Å². The molecular weight excluding hydrogens is 388 g/mol. The van der Waals surface area contributed by atoms with Crippen LogP contribution in [0.4, 0.5) is 0 Å². The van der Waals surface area contributed by atoms with Crippen LogP contribution >= 0.6 is 11.3 Å². The fraction of sp³-hybridized carbons (Fsp3) is 0.190. The van der Waals surface area contributed by atoms with Gasteiger partial charge in [-0.15, -0.1) is 16.4 Å². The first-order valence-electron chi connectivity index (χ1n) is 9.12. The van der Waals surface area contributed by atoms with E-state index in [2.05, 4.69) is 15.3 Å². The topological polar surface area (TPSA) is 87.0 Å². The van der Waals surface area contributed by atoms with Gasteiger partial charge < -0.3 is 4.74 Å². The summed E-state index contributed by atoms with van der Waals surface area (Å²) in [7, 11) is 0. The normalized spacial score (nSPS) is 10.9. The first-order chi connectivity index (χ1) is 14.1. The van der Waals surface area contributed by atoms with Gasteiger partial charge in [0.2, 0.25) is 0 Å². The highest BCUT2D eigenvalue weighted by atomic mass is 32.1. The van der Waals surface area contributed by atoms with Crippen LogP contribution in [0.5, 0.6) is 0 Å². The lowest BCUT2D eigenvalue weighted by molar-refractivity contribution is -0.145. The standard InChI is InChI=1S/C21H18N4O3S/c1-14-18(29-20(22-14)15-7-3-2-4-8-15)13-28-19(26)11-12-25-21(27)16-9-5-6-10-17(16)23-24-25/h2-10H,11-13H2,1H3. The number of rotatable bonds is 6. The van der Waals surface area contributed by atoms with Gasteiger partial charge in [0.1, 0.15) is 17.1 Å². The SMILES string of the molecule is Cc1nc(-c2ccccc2)sc1COC(=O)CCn1nnc2ccccc2c1=O. The van der Waals surface area contributed by atoms with Gasteiger partial charge in [0.15, 0.2) is 0 Å². The molecule has 29 heavy (non-hydrogen) atoms. The van der Waals surface area contributed by atoms with Crippen molar-refractivity contribution in [3.05, 3.63) is 75.5 Å². The van der Waals surface area contributed by atoms with Crippen molar-refractivity contribution in [2.75, 3.05) is 0 Å². The van der Waals surface area contributed by atoms with Crippen LogP contribution in [0.25, 0.3) is 21.5 Å². The number of carbonyl (C=O) groups excluding carboxylic acids is 1. The van der Waals surface area contributed by atoms with E-state index < -0.39 is 5.97 Å². The monoisotopic (exact) mass is 406 g/mol. The molecule has 0 aliphatic heterocycles. The molecule has 4 rings (SSSR count). The maximum absolute atomic E-state index is 12.4. The van der Waals surface area contributed by atoms with Gasteiger partial charge in [0, 0.05) is 5.56 Å². The van der Waals surface area contributed by atoms with E-state index in [1.807, 2.05) is 37.3 Å². The summed E-state index contributed by atoms with van der Waals surface area (Å²) in [5.74, 6) is -0.402. The Balaban J connectivity index is 1.37. The van der Waals surface area contributed by atoms with E-state index >= 15 is 0 Å². The molecular formula is C21H18N4O3S. The Kier molecular flexibility index (Phi) is 5.44. The van der Waals surface area contributed by atoms with Crippen LogP contribution in [0.15, 0.2) is 59.4 Å². The molecule has 2 aromatic heterocycles. The van der Waals surface area contributed by atoms with Gasteiger partial charge in [-0.3, -0.25) is 9.59 Å². The molecule has 0 saturated carbocycles. The Morgan fingerprint density at radius 1 is 1.10 bits per heavy atom. The molecule has 0 N–H and O–H groups in total. The number of hydrogen-bond acceptors (Lipinski definition) is 7. The highest BCUT2D eigenvalue weighted by Crippen LogP contribution is 2.28. The minimum absolute atomic E-state index is 0.0380. The second-order valence-corrected chi connectivity index (χ2v) is 7.52. The minimum Gasteiger partial charge on any atom is -0.460 e. The number of ether oxygens (including phenoxy) is 1. The average molecular weight is 406 g/mol. The summed E-state index contributed by atoms with van der Waals surface area (Å²) in [4.78, 5) is 30.0. The highest BCUT2D eigenvalue weighted by Gasteiger charge is 2.13.